The summed E-state index contributed by atoms with van der Waals surface area (Å²) in [5, 5.41) is 13.6. The van der Waals surface area contributed by atoms with Crippen LogP contribution in [0, 0.1) is 11.3 Å². The maximum atomic E-state index is 11.5. The molecule has 0 radical (unpaired) electrons. The van der Waals surface area contributed by atoms with E-state index in [0.717, 1.165) is 23.0 Å². The van der Waals surface area contributed by atoms with E-state index in [0.29, 0.717) is 15.2 Å². The molecule has 0 amide bonds. The number of nitrogens with zero attached hydrogens (tertiary/aromatic N) is 3. The van der Waals surface area contributed by atoms with E-state index in [2.05, 4.69) is 14.5 Å². The van der Waals surface area contributed by atoms with Crippen molar-refractivity contribution in [2.75, 3.05) is 0 Å². The SMILES string of the molecule is CC1(C)O[C@H]2[C@H](n3ccc4c(Cl)ncnc43)[C@H]3C[C@@]3(C(O)c3ccc(Cl)c(Cl)c3)[C@H]2O1. The molecule has 1 unspecified atom stereocenters. The molecular formula is C22H20Cl3N3O3. The number of halogens is 3. The van der Waals surface area contributed by atoms with Crippen LogP contribution in [0.5, 0.6) is 0 Å². The van der Waals surface area contributed by atoms with Crippen LogP contribution in [-0.2, 0) is 9.47 Å². The van der Waals surface area contributed by atoms with Gasteiger partial charge >= 0.3 is 0 Å². The Labute approximate surface area is 194 Å². The third-order valence-corrected chi connectivity index (χ3v) is 8.10. The number of hydrogen-bond donors (Lipinski definition) is 1. The zero-order valence-electron chi connectivity index (χ0n) is 16.8. The van der Waals surface area contributed by atoms with Crippen LogP contribution >= 0.6 is 34.8 Å². The second-order valence-electron chi connectivity index (χ2n) is 9.14. The molecule has 0 spiro atoms. The molecule has 3 heterocycles. The highest BCUT2D eigenvalue weighted by Gasteiger charge is 2.78. The lowest BCUT2D eigenvalue weighted by Crippen LogP contribution is -2.34. The van der Waals surface area contributed by atoms with Crippen LogP contribution in [0.3, 0.4) is 0 Å². The van der Waals surface area contributed by atoms with Gasteiger partial charge in [0.05, 0.1) is 33.7 Å². The van der Waals surface area contributed by atoms with Crippen molar-refractivity contribution in [2.24, 2.45) is 11.3 Å². The van der Waals surface area contributed by atoms with E-state index in [1.54, 1.807) is 12.1 Å². The fraction of sp³-hybridized carbons (Fsp3) is 0.455. The molecule has 3 aromatic rings. The highest BCUT2D eigenvalue weighted by molar-refractivity contribution is 6.42. The molecule has 3 aliphatic rings. The second-order valence-corrected chi connectivity index (χ2v) is 10.3. The van der Waals surface area contributed by atoms with Crippen LogP contribution in [0.4, 0.5) is 0 Å². The molecule has 9 heteroatoms. The first kappa shape index (κ1) is 20.2. The van der Waals surface area contributed by atoms with Crippen LogP contribution in [-0.4, -0.2) is 37.6 Å². The minimum Gasteiger partial charge on any atom is -0.388 e. The zero-order valence-corrected chi connectivity index (χ0v) is 19.1. The van der Waals surface area contributed by atoms with Gasteiger partial charge in [0.1, 0.15) is 23.2 Å². The van der Waals surface area contributed by atoms with Gasteiger partial charge < -0.3 is 19.1 Å². The number of fused-ring (bicyclic) bond motifs is 4. The number of hydrogen-bond acceptors (Lipinski definition) is 5. The molecular weight excluding hydrogens is 461 g/mol. The average Bonchev–Trinajstić information content (AvgIpc) is 3.01. The molecule has 2 aliphatic carbocycles. The summed E-state index contributed by atoms with van der Waals surface area (Å²) in [5.41, 5.74) is 1.00. The number of aromatic nitrogens is 3. The van der Waals surface area contributed by atoms with Gasteiger partial charge in [0.2, 0.25) is 0 Å². The average molecular weight is 481 g/mol. The highest BCUT2D eigenvalue weighted by Crippen LogP contribution is 2.75. The van der Waals surface area contributed by atoms with Crippen molar-refractivity contribution in [1.82, 2.24) is 14.5 Å². The van der Waals surface area contributed by atoms with Crippen LogP contribution in [0.2, 0.25) is 15.2 Å². The summed E-state index contributed by atoms with van der Waals surface area (Å²) in [7, 11) is 0. The van der Waals surface area contributed by atoms with Gasteiger partial charge in [0.15, 0.2) is 5.79 Å². The van der Waals surface area contributed by atoms with Crippen molar-refractivity contribution >= 4 is 45.8 Å². The summed E-state index contributed by atoms with van der Waals surface area (Å²) in [5.74, 6) is -0.603. The normalized spacial score (nSPS) is 34.0. The zero-order chi connectivity index (χ0) is 21.7. The van der Waals surface area contributed by atoms with Gasteiger partial charge in [0, 0.05) is 11.6 Å². The first-order chi connectivity index (χ1) is 14.7. The lowest BCUT2D eigenvalue weighted by Gasteiger charge is -2.28. The molecule has 3 fully saturated rings. The fourth-order valence-electron chi connectivity index (χ4n) is 5.77. The smallest absolute Gasteiger partial charge is 0.163 e. The van der Waals surface area contributed by atoms with E-state index in [1.165, 1.54) is 6.33 Å². The minimum absolute atomic E-state index is 0.0485. The monoisotopic (exact) mass is 479 g/mol. The summed E-state index contributed by atoms with van der Waals surface area (Å²) in [6, 6.07) is 7.15. The second kappa shape index (κ2) is 6.56. The van der Waals surface area contributed by atoms with Gasteiger partial charge in [-0.15, -0.1) is 0 Å². The van der Waals surface area contributed by atoms with Crippen molar-refractivity contribution < 1.29 is 14.6 Å². The lowest BCUT2D eigenvalue weighted by molar-refractivity contribution is -0.167. The van der Waals surface area contributed by atoms with Crippen molar-refractivity contribution in [3.05, 3.63) is 57.6 Å². The van der Waals surface area contributed by atoms with Crippen LogP contribution in [0.15, 0.2) is 36.8 Å². The Morgan fingerprint density at radius 1 is 1.13 bits per heavy atom. The summed E-state index contributed by atoms with van der Waals surface area (Å²) in [6.07, 6.45) is 2.99. The Morgan fingerprint density at radius 3 is 2.71 bits per heavy atom. The first-order valence-corrected chi connectivity index (χ1v) is 11.3. The van der Waals surface area contributed by atoms with Gasteiger partial charge in [-0.1, -0.05) is 40.9 Å². The van der Waals surface area contributed by atoms with Gasteiger partial charge in [-0.05, 0) is 49.9 Å². The summed E-state index contributed by atoms with van der Waals surface area (Å²) in [4.78, 5) is 8.56. The van der Waals surface area contributed by atoms with E-state index >= 15 is 0 Å². The molecule has 1 aromatic carbocycles. The maximum Gasteiger partial charge on any atom is 0.163 e. The van der Waals surface area contributed by atoms with Gasteiger partial charge in [-0.25, -0.2) is 9.97 Å². The highest BCUT2D eigenvalue weighted by atomic mass is 35.5. The standard InChI is InChI=1S/C22H20Cl3N3O3/c1-21(2)30-16-15(28-6-5-11-19(25)26-9-27-20(11)28)12-8-22(12,18(16)31-21)17(29)10-3-4-13(23)14(24)7-10/h3-7,9,12,15-18,29H,8H2,1-2H3/t12-,15-,16+,17?,18+,22-/m1/s1. The number of aliphatic hydroxyl groups excluding tert-OH is 1. The van der Waals surface area contributed by atoms with Crippen LogP contribution in [0.25, 0.3) is 11.0 Å². The van der Waals surface area contributed by atoms with Crippen LogP contribution in [0.1, 0.15) is 38.0 Å². The molecule has 0 bridgehead atoms. The molecule has 2 aromatic heterocycles. The molecule has 1 saturated heterocycles. The Bertz CT molecular complexity index is 1220. The third-order valence-electron chi connectivity index (χ3n) is 7.06. The topological polar surface area (TPSA) is 69.4 Å². The summed E-state index contributed by atoms with van der Waals surface area (Å²) < 4.78 is 14.8. The molecule has 6 rings (SSSR count). The van der Waals surface area contributed by atoms with Gasteiger partial charge in [-0.2, -0.15) is 0 Å². The van der Waals surface area contributed by atoms with E-state index in [9.17, 15) is 5.11 Å². The fourth-order valence-corrected chi connectivity index (χ4v) is 6.26. The number of rotatable bonds is 3. The minimum atomic E-state index is -0.762. The number of aliphatic hydroxyl groups is 1. The first-order valence-electron chi connectivity index (χ1n) is 10.2. The van der Waals surface area contributed by atoms with Crippen LogP contribution < -0.4 is 0 Å². The predicted octanol–water partition coefficient (Wildman–Crippen LogP) is 5.21. The molecule has 6 nitrogen and oxygen atoms in total. The van der Waals surface area contributed by atoms with E-state index in [1.807, 2.05) is 32.2 Å². The Kier molecular flexibility index (Phi) is 4.28. The molecule has 162 valence electrons. The maximum absolute atomic E-state index is 11.5. The van der Waals surface area contributed by atoms with E-state index in [4.69, 9.17) is 44.3 Å². The quantitative estimate of drug-likeness (QED) is 0.521. The van der Waals surface area contributed by atoms with Crippen molar-refractivity contribution in [2.45, 2.75) is 50.4 Å². The Balaban J connectivity index is 1.45. The van der Waals surface area contributed by atoms with Crippen molar-refractivity contribution in [3.8, 4) is 0 Å². The van der Waals surface area contributed by atoms with E-state index in [-0.39, 0.29) is 24.2 Å². The van der Waals surface area contributed by atoms with Gasteiger partial charge in [0.25, 0.3) is 0 Å². The number of ether oxygens (including phenoxy) is 2. The number of benzene rings is 1. The third kappa shape index (κ3) is 2.76. The van der Waals surface area contributed by atoms with Crippen molar-refractivity contribution in [3.63, 3.8) is 0 Å². The molecule has 2 saturated carbocycles. The molecule has 1 aliphatic heterocycles. The molecule has 31 heavy (non-hydrogen) atoms. The predicted molar refractivity (Wildman–Crippen MR) is 117 cm³/mol. The Morgan fingerprint density at radius 2 is 1.94 bits per heavy atom. The van der Waals surface area contributed by atoms with E-state index < -0.39 is 17.3 Å². The lowest BCUT2D eigenvalue weighted by atomic mass is 9.88. The summed E-state index contributed by atoms with van der Waals surface area (Å²) >= 11 is 18.6. The van der Waals surface area contributed by atoms with Crippen molar-refractivity contribution in [1.29, 1.82) is 0 Å². The largest absolute Gasteiger partial charge is 0.388 e. The van der Waals surface area contributed by atoms with Gasteiger partial charge in [-0.3, -0.25) is 0 Å². The molecule has 6 atom stereocenters. The summed E-state index contributed by atoms with van der Waals surface area (Å²) in [6.45, 7) is 3.82. The molecule has 1 N–H and O–H groups in total. The Hall–Kier alpha value is -1.41.